The van der Waals surface area contributed by atoms with Crippen LogP contribution >= 0.6 is 0 Å². The van der Waals surface area contributed by atoms with Gasteiger partial charge in [-0.3, -0.25) is 38.4 Å². The van der Waals surface area contributed by atoms with Gasteiger partial charge in [-0.15, -0.1) is 20.3 Å². The first kappa shape index (κ1) is 50.5. The molecule has 4 aliphatic rings. The highest BCUT2D eigenvalue weighted by Gasteiger charge is 2.40. The third-order valence-electron chi connectivity index (χ3n) is 7.74. The Bertz CT molecular complexity index is 1460. The van der Waals surface area contributed by atoms with Crippen molar-refractivity contribution in [3.8, 4) is 0 Å². The zero-order chi connectivity index (χ0) is 44.6. The number of carbonyl (C=O) groups is 12. The Kier molecular flexibility index (Phi) is 20.5. The average Bonchev–Trinajstić information content (AvgIpc) is 3.73. The summed E-state index contributed by atoms with van der Waals surface area (Å²) in [6.45, 7) is 18.1. The van der Waals surface area contributed by atoms with E-state index in [1.54, 1.807) is 13.8 Å². The van der Waals surface area contributed by atoms with Crippen LogP contribution in [0.5, 0.6) is 0 Å². The summed E-state index contributed by atoms with van der Waals surface area (Å²) in [5.74, 6) is -5.85. The van der Waals surface area contributed by atoms with Crippen LogP contribution in [0, 0.1) is 35.5 Å². The van der Waals surface area contributed by atoms with Crippen molar-refractivity contribution in [2.75, 3.05) is 0 Å². The zero-order valence-corrected chi connectivity index (χ0v) is 34.9. The van der Waals surface area contributed by atoms with Crippen molar-refractivity contribution >= 4 is 71.1 Å². The topological polar surface area (TPSA) is 255 Å². The molecular formula is C38H56N4O16. The molecule has 20 heteroatoms. The Labute approximate surface area is 336 Å². The van der Waals surface area contributed by atoms with Gasteiger partial charge in [0.1, 0.15) is 0 Å². The molecule has 2 unspecified atom stereocenters. The number of hydrogen-bond donors (Lipinski definition) is 0. The van der Waals surface area contributed by atoms with E-state index in [-0.39, 0.29) is 99.7 Å². The van der Waals surface area contributed by atoms with Crippen LogP contribution in [0.2, 0.25) is 0 Å². The Morgan fingerprint density at radius 3 is 0.793 bits per heavy atom. The molecule has 0 aromatic rings. The molecule has 0 radical (unpaired) electrons. The van der Waals surface area contributed by atoms with Crippen LogP contribution in [0.1, 0.15) is 133 Å². The maximum atomic E-state index is 11.4. The molecule has 0 N–H and O–H groups in total. The van der Waals surface area contributed by atoms with Crippen LogP contribution in [-0.4, -0.2) is 91.4 Å². The van der Waals surface area contributed by atoms with E-state index in [1.165, 1.54) is 0 Å². The molecule has 20 nitrogen and oxygen atoms in total. The van der Waals surface area contributed by atoms with Gasteiger partial charge in [0, 0.05) is 50.4 Å². The Morgan fingerprint density at radius 1 is 0.414 bits per heavy atom. The molecule has 4 saturated heterocycles. The van der Waals surface area contributed by atoms with Gasteiger partial charge in [0.2, 0.25) is 0 Å². The molecule has 0 aromatic heterocycles. The molecule has 4 aliphatic heterocycles. The number of hydroxylamine groups is 8. The van der Waals surface area contributed by atoms with Crippen molar-refractivity contribution in [3.63, 3.8) is 0 Å². The van der Waals surface area contributed by atoms with E-state index in [0.29, 0.717) is 20.3 Å². The second kappa shape index (κ2) is 23.6. The maximum Gasteiger partial charge on any atom is 0.333 e. The minimum atomic E-state index is -0.541. The quantitative estimate of drug-likeness (QED) is 0.256. The van der Waals surface area contributed by atoms with Gasteiger partial charge in [-0.25, -0.2) is 19.2 Å². The van der Waals surface area contributed by atoms with Crippen molar-refractivity contribution in [2.24, 2.45) is 35.5 Å². The normalized spacial score (nSPS) is 19.1. The van der Waals surface area contributed by atoms with Crippen LogP contribution in [0.3, 0.4) is 0 Å². The van der Waals surface area contributed by atoms with Crippen LogP contribution in [-0.2, 0) is 76.9 Å². The fraction of sp³-hybridized carbons (Fsp3) is 0.684. The minimum absolute atomic E-state index is 0.119. The van der Waals surface area contributed by atoms with Crippen molar-refractivity contribution < 1.29 is 76.9 Å². The second-order valence-electron chi connectivity index (χ2n) is 15.7. The molecule has 0 bridgehead atoms. The van der Waals surface area contributed by atoms with Crippen molar-refractivity contribution in [3.05, 3.63) is 0 Å². The van der Waals surface area contributed by atoms with Crippen LogP contribution < -0.4 is 0 Å². The van der Waals surface area contributed by atoms with E-state index in [2.05, 4.69) is 9.68 Å². The highest BCUT2D eigenvalue weighted by molar-refractivity contribution is 6.04. The summed E-state index contributed by atoms with van der Waals surface area (Å²) < 4.78 is 0. The molecule has 0 saturated carbocycles. The lowest BCUT2D eigenvalue weighted by Gasteiger charge is -2.13. The van der Waals surface area contributed by atoms with E-state index in [9.17, 15) is 57.5 Å². The van der Waals surface area contributed by atoms with E-state index in [4.69, 9.17) is 9.68 Å². The third-order valence-corrected chi connectivity index (χ3v) is 7.74. The van der Waals surface area contributed by atoms with E-state index in [1.807, 2.05) is 55.4 Å². The predicted octanol–water partition coefficient (Wildman–Crippen LogP) is 3.05. The van der Waals surface area contributed by atoms with Crippen LogP contribution in [0.4, 0.5) is 0 Å². The van der Waals surface area contributed by atoms with Gasteiger partial charge in [-0.1, -0.05) is 69.2 Å². The highest BCUT2D eigenvalue weighted by Crippen LogP contribution is 2.21. The first-order valence-electron chi connectivity index (χ1n) is 19.1. The third kappa shape index (κ3) is 17.3. The Balaban J connectivity index is 0.000000387. The van der Waals surface area contributed by atoms with E-state index >= 15 is 0 Å². The largest absolute Gasteiger partial charge is 0.333 e. The average molecular weight is 825 g/mol. The highest BCUT2D eigenvalue weighted by atomic mass is 16.7. The summed E-state index contributed by atoms with van der Waals surface area (Å²) in [5, 5.41) is 2.33. The van der Waals surface area contributed by atoms with Gasteiger partial charge < -0.3 is 19.4 Å². The molecule has 0 spiro atoms. The summed E-state index contributed by atoms with van der Waals surface area (Å²) in [7, 11) is 0. The molecule has 0 aromatic carbocycles. The summed E-state index contributed by atoms with van der Waals surface area (Å²) >= 11 is 0. The SMILES string of the molecule is CC(C)CC(=O)ON1C(=O)CC(C)C1=O.CC(C)CC(=O)ON1C(=O)CC(C)C1=O.CC(C)CC(=O)ON1C(=O)CCC1=O.CC(C)CC(=O)ON1C(=O)CCC1=O. The lowest BCUT2D eigenvalue weighted by molar-refractivity contribution is -0.198. The molecule has 4 rings (SSSR count). The van der Waals surface area contributed by atoms with Gasteiger partial charge >= 0.3 is 23.9 Å². The van der Waals surface area contributed by atoms with Gasteiger partial charge in [0.05, 0.1) is 25.7 Å². The smallest absolute Gasteiger partial charge is 0.330 e. The minimum Gasteiger partial charge on any atom is -0.330 e. The van der Waals surface area contributed by atoms with Crippen molar-refractivity contribution in [2.45, 2.75) is 133 Å². The fourth-order valence-electron chi connectivity index (χ4n) is 4.91. The van der Waals surface area contributed by atoms with Crippen molar-refractivity contribution in [1.29, 1.82) is 0 Å². The lowest BCUT2D eigenvalue weighted by atomic mass is 10.1. The molecule has 8 amide bonds. The maximum absolute atomic E-state index is 11.4. The van der Waals surface area contributed by atoms with Crippen molar-refractivity contribution in [1.82, 2.24) is 20.3 Å². The first-order valence-corrected chi connectivity index (χ1v) is 19.1. The first-order chi connectivity index (χ1) is 26.8. The monoisotopic (exact) mass is 824 g/mol. The molecule has 58 heavy (non-hydrogen) atoms. The lowest BCUT2D eigenvalue weighted by Crippen LogP contribution is -2.33. The number of amides is 8. The molecular weight excluding hydrogens is 768 g/mol. The number of rotatable bonds is 12. The summed E-state index contributed by atoms with van der Waals surface area (Å²) in [5.41, 5.74) is 0. The van der Waals surface area contributed by atoms with E-state index in [0.717, 1.165) is 0 Å². The number of imide groups is 4. The summed E-state index contributed by atoms with van der Waals surface area (Å²) in [6.07, 6.45) is 1.58. The number of nitrogens with zero attached hydrogens (tertiary/aromatic N) is 4. The number of hydrogen-bond acceptors (Lipinski definition) is 16. The predicted molar refractivity (Wildman–Crippen MR) is 196 cm³/mol. The van der Waals surface area contributed by atoms with Crippen LogP contribution in [0.15, 0.2) is 0 Å². The van der Waals surface area contributed by atoms with Gasteiger partial charge in [-0.05, 0) is 23.7 Å². The Morgan fingerprint density at radius 2 is 0.621 bits per heavy atom. The van der Waals surface area contributed by atoms with Gasteiger partial charge in [0.25, 0.3) is 47.3 Å². The molecule has 4 fully saturated rings. The number of carbonyl (C=O) groups excluding carboxylic acids is 12. The standard InChI is InChI=1S/2C10H15NO4.2C9H13NO4/c2*1-6(2)4-9(13)15-11-8(12)5-7(3)10(11)14;2*1-6(2)5-9(13)14-10-7(11)3-4-8(10)12/h2*6-7H,4-5H2,1-3H3;2*6H,3-5H2,1-2H3. The summed E-state index contributed by atoms with van der Waals surface area (Å²) in [4.78, 5) is 153. The van der Waals surface area contributed by atoms with Gasteiger partial charge in [0.15, 0.2) is 0 Å². The molecule has 2 atom stereocenters. The zero-order valence-electron chi connectivity index (χ0n) is 34.9. The molecule has 4 heterocycles. The summed E-state index contributed by atoms with van der Waals surface area (Å²) in [6, 6.07) is 0. The van der Waals surface area contributed by atoms with Gasteiger partial charge in [-0.2, -0.15) is 0 Å². The molecule has 324 valence electrons. The second-order valence-corrected chi connectivity index (χ2v) is 15.7. The van der Waals surface area contributed by atoms with E-state index < -0.39 is 71.1 Å². The fourth-order valence-corrected chi connectivity index (χ4v) is 4.91. The van der Waals surface area contributed by atoms with Crippen LogP contribution in [0.25, 0.3) is 0 Å². The molecule has 0 aliphatic carbocycles. The Hall–Kier alpha value is -5.56.